The average Bonchev–Trinajstić information content (AvgIpc) is 3.22. The largest absolute Gasteiger partial charge is 0.481 e. The maximum atomic E-state index is 10.6. The van der Waals surface area contributed by atoms with Gasteiger partial charge in [-0.25, -0.2) is 0 Å². The number of aliphatic carboxylic acids is 4. The van der Waals surface area contributed by atoms with Crippen LogP contribution in [0, 0.1) is 59.2 Å². The fourth-order valence-electron chi connectivity index (χ4n) is 9.37. The number of rotatable bonds is 15. The predicted octanol–water partition coefficient (Wildman–Crippen LogP) is 9.54. The third-order valence-electron chi connectivity index (χ3n) is 15.0. The van der Waals surface area contributed by atoms with Gasteiger partial charge in [0.2, 0.25) is 0 Å². The van der Waals surface area contributed by atoms with Crippen LogP contribution >= 0.6 is 0 Å². The van der Waals surface area contributed by atoms with Crippen LogP contribution in [0.15, 0.2) is 0 Å². The Hall–Kier alpha value is -2.28. The van der Waals surface area contributed by atoms with Gasteiger partial charge < -0.3 is 43.4 Å². The van der Waals surface area contributed by atoms with E-state index in [1.165, 1.54) is 128 Å². The van der Waals surface area contributed by atoms with Crippen LogP contribution in [-0.2, 0) is 19.2 Å². The van der Waals surface area contributed by atoms with Crippen molar-refractivity contribution < 1.29 is 39.6 Å². The summed E-state index contributed by atoms with van der Waals surface area (Å²) in [4.78, 5) is 41.9. The lowest BCUT2D eigenvalue weighted by atomic mass is 9.78. The summed E-state index contributed by atoms with van der Waals surface area (Å²) in [6.07, 6.45) is 24.5. The lowest BCUT2D eigenvalue weighted by Crippen LogP contribution is -2.33. The highest BCUT2D eigenvalue weighted by Crippen LogP contribution is 2.33. The lowest BCUT2D eigenvalue weighted by molar-refractivity contribution is -0.160. The Morgan fingerprint density at radius 1 is 0.383 bits per heavy atom. The van der Waals surface area contributed by atoms with Crippen LogP contribution in [0.25, 0.3) is 0 Å². The van der Waals surface area contributed by atoms with Gasteiger partial charge in [0.05, 0.1) is 24.7 Å². The van der Waals surface area contributed by atoms with E-state index in [4.69, 9.17) is 43.4 Å². The summed E-state index contributed by atoms with van der Waals surface area (Å²) in [5, 5.41) is 34.1. The number of carbonyl (C=O) groups is 4. The molecule has 6 atom stereocenters. The molecule has 4 rings (SSSR count). The van der Waals surface area contributed by atoms with Gasteiger partial charge in [0.25, 0.3) is 0 Å². The minimum atomic E-state index is -1.76. The highest BCUT2D eigenvalue weighted by Gasteiger charge is 2.37. The second-order valence-electron chi connectivity index (χ2n) is 19.3. The molecule has 12 N–H and O–H groups in total. The molecule has 0 aromatic heterocycles. The minimum Gasteiger partial charge on any atom is -0.481 e. The first-order valence-electron chi connectivity index (χ1n) is 24.1. The van der Waals surface area contributed by atoms with Crippen molar-refractivity contribution in [3.63, 3.8) is 0 Å². The molecule has 354 valence electrons. The van der Waals surface area contributed by atoms with E-state index in [0.29, 0.717) is 24.2 Å². The number of hydrogen-bond donors (Lipinski definition) is 8. The molecule has 12 nitrogen and oxygen atoms in total. The average molecular weight is 855 g/mol. The maximum absolute atomic E-state index is 10.6. The van der Waals surface area contributed by atoms with Crippen LogP contribution in [0.5, 0.6) is 0 Å². The van der Waals surface area contributed by atoms with Crippen molar-refractivity contribution in [3.8, 4) is 0 Å². The van der Waals surface area contributed by atoms with E-state index >= 15 is 0 Å². The van der Waals surface area contributed by atoms with Crippen molar-refractivity contribution in [2.24, 2.45) is 82.1 Å². The molecule has 0 saturated heterocycles. The van der Waals surface area contributed by atoms with Crippen molar-refractivity contribution in [1.82, 2.24) is 0 Å². The second kappa shape index (κ2) is 32.4. The molecular weight excluding hydrogens is 761 g/mol. The molecule has 0 bridgehead atoms. The summed E-state index contributed by atoms with van der Waals surface area (Å²) >= 11 is 0. The first-order chi connectivity index (χ1) is 28.2. The zero-order valence-electron chi connectivity index (χ0n) is 39.4. The number of hydrogen-bond acceptors (Lipinski definition) is 8. The fourth-order valence-corrected chi connectivity index (χ4v) is 9.37. The highest BCUT2D eigenvalue weighted by molar-refractivity contribution is 5.86. The monoisotopic (exact) mass is 855 g/mol. The van der Waals surface area contributed by atoms with Crippen molar-refractivity contribution >= 4 is 23.9 Å². The molecule has 0 aliphatic heterocycles. The molecule has 0 heterocycles. The van der Waals surface area contributed by atoms with Gasteiger partial charge in [-0.3, -0.25) is 19.2 Å². The van der Waals surface area contributed by atoms with Gasteiger partial charge >= 0.3 is 23.9 Å². The fraction of sp³-hybridized carbons (Fsp3) is 0.917. The molecule has 12 heteroatoms. The predicted molar refractivity (Wildman–Crippen MR) is 244 cm³/mol. The summed E-state index contributed by atoms with van der Waals surface area (Å²) in [7, 11) is 0. The van der Waals surface area contributed by atoms with Crippen molar-refractivity contribution in [1.29, 1.82) is 0 Å². The molecule has 4 aliphatic carbocycles. The standard InChI is InChI=1S/4C10H21N.C8H10O8/c4*1-3-8(2)9-4-6-10(11)7-5-9;9-5(10)1-3(7(13)14)4(8(15)16)2-6(11)12/h4*8-10H,3-7,11H2,1-2H3;3-4H,1-2H2,(H,9,10)(H,11,12)(H,13,14)(H,15,16). The van der Waals surface area contributed by atoms with Crippen LogP contribution < -0.4 is 22.9 Å². The smallest absolute Gasteiger partial charge is 0.307 e. The minimum absolute atomic E-state index is 0.510. The Labute approximate surface area is 365 Å². The van der Waals surface area contributed by atoms with Gasteiger partial charge in [0, 0.05) is 24.2 Å². The first-order valence-corrected chi connectivity index (χ1v) is 24.1. The molecule has 0 radical (unpaired) electrons. The van der Waals surface area contributed by atoms with Gasteiger partial charge in [0.1, 0.15) is 0 Å². The van der Waals surface area contributed by atoms with Crippen molar-refractivity contribution in [2.75, 3.05) is 0 Å². The van der Waals surface area contributed by atoms with E-state index in [-0.39, 0.29) is 0 Å². The number of carboxylic acids is 4. The molecule has 60 heavy (non-hydrogen) atoms. The first kappa shape index (κ1) is 57.7. The maximum Gasteiger partial charge on any atom is 0.307 e. The Balaban J connectivity index is 0.000000731. The molecule has 0 spiro atoms. The second-order valence-corrected chi connectivity index (χ2v) is 19.3. The molecule has 0 aromatic rings. The molecule has 4 aliphatic rings. The Morgan fingerprint density at radius 3 is 0.667 bits per heavy atom. The summed E-state index contributed by atoms with van der Waals surface area (Å²) in [6, 6.07) is 2.04. The van der Waals surface area contributed by atoms with Crippen LogP contribution in [-0.4, -0.2) is 68.5 Å². The van der Waals surface area contributed by atoms with Gasteiger partial charge in [-0.15, -0.1) is 0 Å². The molecule has 6 unspecified atom stereocenters. The summed E-state index contributed by atoms with van der Waals surface area (Å²) < 4.78 is 0. The summed E-state index contributed by atoms with van der Waals surface area (Å²) in [5.74, 6) is -2.23. The lowest BCUT2D eigenvalue weighted by Gasteiger charge is -2.30. The Kier molecular flexibility index (Phi) is 31.2. The van der Waals surface area contributed by atoms with E-state index < -0.39 is 48.6 Å². The van der Waals surface area contributed by atoms with Crippen LogP contribution in [0.1, 0.15) is 197 Å². The topological polar surface area (TPSA) is 253 Å². The normalized spacial score (nSPS) is 29.5. The highest BCUT2D eigenvalue weighted by atomic mass is 16.4. The quantitative estimate of drug-likeness (QED) is 0.0766. The van der Waals surface area contributed by atoms with E-state index in [9.17, 15) is 19.2 Å². The Morgan fingerprint density at radius 2 is 0.550 bits per heavy atom. The van der Waals surface area contributed by atoms with Crippen molar-refractivity contribution in [2.45, 2.75) is 221 Å². The van der Waals surface area contributed by atoms with E-state index in [1.807, 2.05) is 0 Å². The van der Waals surface area contributed by atoms with Gasteiger partial charge in [-0.1, -0.05) is 81.1 Å². The molecular formula is C48H94N4O8. The zero-order valence-corrected chi connectivity index (χ0v) is 39.4. The van der Waals surface area contributed by atoms with E-state index in [0.717, 1.165) is 47.3 Å². The van der Waals surface area contributed by atoms with Gasteiger partial charge in [0.15, 0.2) is 0 Å². The van der Waals surface area contributed by atoms with Crippen molar-refractivity contribution in [3.05, 3.63) is 0 Å². The molecule has 0 amide bonds. The third-order valence-corrected chi connectivity index (χ3v) is 15.0. The summed E-state index contributed by atoms with van der Waals surface area (Å²) in [5.41, 5.74) is 23.4. The zero-order chi connectivity index (χ0) is 45.9. The Bertz CT molecular complexity index is 999. The van der Waals surface area contributed by atoms with Crippen LogP contribution in [0.2, 0.25) is 0 Å². The van der Waals surface area contributed by atoms with E-state index in [2.05, 4.69) is 55.4 Å². The van der Waals surface area contributed by atoms with E-state index in [1.54, 1.807) is 0 Å². The molecule has 0 aromatic carbocycles. The molecule has 4 fully saturated rings. The van der Waals surface area contributed by atoms with Crippen LogP contribution in [0.4, 0.5) is 0 Å². The third kappa shape index (κ3) is 25.0. The molecule has 4 saturated carbocycles. The summed E-state index contributed by atoms with van der Waals surface area (Å²) in [6.45, 7) is 18.7. The van der Waals surface area contributed by atoms with Crippen LogP contribution in [0.3, 0.4) is 0 Å². The van der Waals surface area contributed by atoms with Gasteiger partial charge in [-0.2, -0.15) is 0 Å². The SMILES string of the molecule is CCC(C)C1CCC(N)CC1.CCC(C)C1CCC(N)CC1.CCC(C)C1CCC(N)CC1.CCC(C)C1CCC(N)CC1.O=C(O)CC(C(=O)O)C(CC(=O)O)C(=O)O. The van der Waals surface area contributed by atoms with Gasteiger partial charge in [-0.05, 0) is 150 Å². The number of nitrogens with two attached hydrogens (primary N) is 4. The number of carboxylic acid groups (broad SMARTS) is 4.